The molecule has 1 aromatic rings. The van der Waals surface area contributed by atoms with Gasteiger partial charge in [0.25, 0.3) is 0 Å². The van der Waals surface area contributed by atoms with Crippen LogP contribution in [0.15, 0.2) is 0 Å². The number of fused-ring (bicyclic) bond motifs is 1. The first-order valence-corrected chi connectivity index (χ1v) is 5.39. The molecular formula is C10H13ClN4. The van der Waals surface area contributed by atoms with Gasteiger partial charge in [-0.05, 0) is 13.5 Å². The molecule has 1 aliphatic rings. The average molecular weight is 225 g/mol. The molecule has 0 spiro atoms. The van der Waals surface area contributed by atoms with Gasteiger partial charge in [0.05, 0.1) is 28.9 Å². The number of rotatable bonds is 1. The summed E-state index contributed by atoms with van der Waals surface area (Å²) in [5.74, 6) is 0. The van der Waals surface area contributed by atoms with Crippen molar-refractivity contribution in [3.63, 3.8) is 0 Å². The second-order valence-corrected chi connectivity index (χ2v) is 4.23. The van der Waals surface area contributed by atoms with E-state index in [1.165, 1.54) is 0 Å². The van der Waals surface area contributed by atoms with Crippen LogP contribution in [-0.4, -0.2) is 28.3 Å². The Morgan fingerprint density at radius 1 is 1.53 bits per heavy atom. The molecule has 5 heteroatoms. The predicted octanol–water partition coefficient (Wildman–Crippen LogP) is 1.44. The summed E-state index contributed by atoms with van der Waals surface area (Å²) in [7, 11) is 2.07. The minimum atomic E-state index is 0.294. The van der Waals surface area contributed by atoms with E-state index in [1.54, 1.807) is 0 Å². The van der Waals surface area contributed by atoms with Gasteiger partial charge in [-0.25, -0.2) is 0 Å². The van der Waals surface area contributed by atoms with E-state index in [1.807, 2.05) is 4.68 Å². The molecule has 0 amide bonds. The van der Waals surface area contributed by atoms with Crippen LogP contribution in [-0.2, 0) is 19.5 Å². The Kier molecular flexibility index (Phi) is 2.94. The highest BCUT2D eigenvalue weighted by molar-refractivity contribution is 6.31. The summed E-state index contributed by atoms with van der Waals surface area (Å²) >= 11 is 6.20. The molecule has 0 N–H and O–H groups in total. The van der Waals surface area contributed by atoms with E-state index in [0.29, 0.717) is 17.1 Å². The highest BCUT2D eigenvalue weighted by atomic mass is 35.5. The summed E-state index contributed by atoms with van der Waals surface area (Å²) in [6, 6.07) is 2.09. The van der Waals surface area contributed by atoms with Crippen molar-refractivity contribution < 1.29 is 0 Å². The molecule has 15 heavy (non-hydrogen) atoms. The van der Waals surface area contributed by atoms with Crippen LogP contribution in [0.5, 0.6) is 0 Å². The lowest BCUT2D eigenvalue weighted by Gasteiger charge is -2.11. The molecule has 0 saturated carbocycles. The van der Waals surface area contributed by atoms with Gasteiger partial charge in [0.2, 0.25) is 0 Å². The zero-order valence-corrected chi connectivity index (χ0v) is 9.46. The van der Waals surface area contributed by atoms with Gasteiger partial charge in [-0.3, -0.25) is 4.68 Å². The van der Waals surface area contributed by atoms with E-state index in [0.717, 1.165) is 31.7 Å². The number of nitriles is 1. The third-order valence-electron chi connectivity index (χ3n) is 2.64. The molecule has 0 unspecified atom stereocenters. The topological polar surface area (TPSA) is 44.9 Å². The van der Waals surface area contributed by atoms with Crippen LogP contribution < -0.4 is 0 Å². The summed E-state index contributed by atoms with van der Waals surface area (Å²) in [4.78, 5) is 2.22. The lowest BCUT2D eigenvalue weighted by atomic mass is 10.3. The molecule has 2 rings (SSSR count). The zero-order chi connectivity index (χ0) is 10.8. The second-order valence-electron chi connectivity index (χ2n) is 3.86. The molecule has 2 heterocycles. The first-order valence-electron chi connectivity index (χ1n) is 5.02. The van der Waals surface area contributed by atoms with Crippen LogP contribution in [0.25, 0.3) is 0 Å². The van der Waals surface area contributed by atoms with Crippen LogP contribution in [0.1, 0.15) is 17.8 Å². The standard InChI is InChI=1S/C10H13ClN4/c1-14-5-2-6-15-9(7-14)10(11)8(13-15)3-4-12/h2-3,5-7H2,1H3. The zero-order valence-electron chi connectivity index (χ0n) is 8.70. The summed E-state index contributed by atoms with van der Waals surface area (Å²) in [5.41, 5.74) is 1.76. The van der Waals surface area contributed by atoms with Gasteiger partial charge in [0.15, 0.2) is 0 Å². The number of hydrogen-bond donors (Lipinski definition) is 0. The van der Waals surface area contributed by atoms with Crippen molar-refractivity contribution in [2.45, 2.75) is 25.9 Å². The van der Waals surface area contributed by atoms with Crippen molar-refractivity contribution in [2.75, 3.05) is 13.6 Å². The van der Waals surface area contributed by atoms with E-state index in [-0.39, 0.29) is 0 Å². The molecular weight excluding hydrogens is 212 g/mol. The minimum Gasteiger partial charge on any atom is -0.300 e. The fourth-order valence-corrected chi connectivity index (χ4v) is 2.14. The van der Waals surface area contributed by atoms with E-state index in [2.05, 4.69) is 23.1 Å². The fraction of sp³-hybridized carbons (Fsp3) is 0.600. The molecule has 0 fully saturated rings. The van der Waals surface area contributed by atoms with Crippen molar-refractivity contribution in [1.82, 2.24) is 14.7 Å². The van der Waals surface area contributed by atoms with Crippen LogP contribution in [0.4, 0.5) is 0 Å². The smallest absolute Gasteiger partial charge is 0.0954 e. The van der Waals surface area contributed by atoms with Gasteiger partial charge in [-0.15, -0.1) is 0 Å². The van der Waals surface area contributed by atoms with Crippen molar-refractivity contribution >= 4 is 11.6 Å². The lowest BCUT2D eigenvalue weighted by molar-refractivity contribution is 0.332. The third-order valence-corrected chi connectivity index (χ3v) is 3.07. The van der Waals surface area contributed by atoms with E-state index in [4.69, 9.17) is 16.9 Å². The molecule has 0 aliphatic carbocycles. The average Bonchev–Trinajstić information content (AvgIpc) is 2.40. The molecule has 0 saturated heterocycles. The Hall–Kier alpha value is -1.05. The highest BCUT2D eigenvalue weighted by Gasteiger charge is 2.19. The maximum Gasteiger partial charge on any atom is 0.0954 e. The third kappa shape index (κ3) is 1.99. The molecule has 1 aliphatic heterocycles. The van der Waals surface area contributed by atoms with Crippen LogP contribution in [0.3, 0.4) is 0 Å². The van der Waals surface area contributed by atoms with E-state index < -0.39 is 0 Å². The summed E-state index contributed by atoms with van der Waals surface area (Å²) in [6.45, 7) is 2.77. The van der Waals surface area contributed by atoms with Crippen molar-refractivity contribution in [1.29, 1.82) is 5.26 Å². The molecule has 0 aromatic carbocycles. The van der Waals surface area contributed by atoms with Gasteiger partial charge in [-0.2, -0.15) is 10.4 Å². The number of nitrogens with zero attached hydrogens (tertiary/aromatic N) is 4. The largest absolute Gasteiger partial charge is 0.300 e. The van der Waals surface area contributed by atoms with Crippen molar-refractivity contribution in [3.8, 4) is 6.07 Å². The van der Waals surface area contributed by atoms with E-state index >= 15 is 0 Å². The van der Waals surface area contributed by atoms with Gasteiger partial charge < -0.3 is 4.90 Å². The number of aryl methyl sites for hydroxylation is 1. The van der Waals surface area contributed by atoms with Gasteiger partial charge in [0.1, 0.15) is 0 Å². The van der Waals surface area contributed by atoms with Crippen LogP contribution in [0, 0.1) is 11.3 Å². The summed E-state index contributed by atoms with van der Waals surface area (Å²) < 4.78 is 1.94. The van der Waals surface area contributed by atoms with Gasteiger partial charge in [0, 0.05) is 19.6 Å². The quantitative estimate of drug-likeness (QED) is 0.725. The first kappa shape index (κ1) is 10.5. The molecule has 0 bridgehead atoms. The molecule has 0 atom stereocenters. The Balaban J connectivity index is 2.36. The van der Waals surface area contributed by atoms with E-state index in [9.17, 15) is 0 Å². The minimum absolute atomic E-state index is 0.294. The fourth-order valence-electron chi connectivity index (χ4n) is 1.88. The number of hydrogen-bond acceptors (Lipinski definition) is 3. The van der Waals surface area contributed by atoms with Gasteiger partial charge in [-0.1, -0.05) is 11.6 Å². The predicted molar refractivity (Wildman–Crippen MR) is 57.5 cm³/mol. The number of halogens is 1. The molecule has 80 valence electrons. The SMILES string of the molecule is CN1CCCn2nc(CC#N)c(Cl)c2C1. The normalized spacial score (nSPS) is 16.9. The Labute approximate surface area is 94.0 Å². The van der Waals surface area contributed by atoms with Crippen molar-refractivity contribution in [2.24, 2.45) is 0 Å². The summed E-state index contributed by atoms with van der Waals surface area (Å²) in [5, 5.41) is 13.7. The molecule has 0 radical (unpaired) electrons. The molecule has 4 nitrogen and oxygen atoms in total. The second kappa shape index (κ2) is 4.21. The monoisotopic (exact) mass is 224 g/mol. The Bertz CT molecular complexity index is 404. The number of aromatic nitrogens is 2. The Morgan fingerprint density at radius 3 is 3.07 bits per heavy atom. The lowest BCUT2D eigenvalue weighted by Crippen LogP contribution is -2.17. The maximum atomic E-state index is 8.64. The Morgan fingerprint density at radius 2 is 2.33 bits per heavy atom. The molecule has 1 aromatic heterocycles. The summed E-state index contributed by atoms with van der Waals surface area (Å²) in [6.07, 6.45) is 1.37. The maximum absolute atomic E-state index is 8.64. The van der Waals surface area contributed by atoms with Crippen LogP contribution >= 0.6 is 11.6 Å². The van der Waals surface area contributed by atoms with Crippen LogP contribution in [0.2, 0.25) is 5.02 Å². The van der Waals surface area contributed by atoms with Crippen molar-refractivity contribution in [3.05, 3.63) is 16.4 Å². The highest BCUT2D eigenvalue weighted by Crippen LogP contribution is 2.24. The first-order chi connectivity index (χ1) is 7.22. The van der Waals surface area contributed by atoms with Gasteiger partial charge >= 0.3 is 0 Å².